The summed E-state index contributed by atoms with van der Waals surface area (Å²) < 4.78 is 13.0. The third kappa shape index (κ3) is 3.00. The van der Waals surface area contributed by atoms with E-state index in [-0.39, 0.29) is 6.17 Å². The Morgan fingerprint density at radius 3 is 1.95 bits per heavy atom. The van der Waals surface area contributed by atoms with Crippen molar-refractivity contribution in [3.05, 3.63) is 127 Å². The second kappa shape index (κ2) is 7.65. The van der Waals surface area contributed by atoms with Crippen molar-refractivity contribution in [3.63, 3.8) is 0 Å². The molecule has 5 aromatic carbocycles. The molecule has 4 heterocycles. The van der Waals surface area contributed by atoms with Crippen molar-refractivity contribution in [2.75, 3.05) is 0 Å². The fourth-order valence-corrected chi connectivity index (χ4v) is 6.13. The number of allylic oxidation sites excluding steroid dienone is 2. The second-order valence-corrected chi connectivity index (χ2v) is 10.3. The average Bonchev–Trinajstić information content (AvgIpc) is 3.68. The number of benzene rings is 5. The third-order valence-corrected chi connectivity index (χ3v) is 8.02. The Bertz CT molecular complexity index is 2140. The molecule has 1 atom stereocenters. The molecule has 0 radical (unpaired) electrons. The summed E-state index contributed by atoms with van der Waals surface area (Å²) in [4.78, 5) is 2.19. The standard InChI is InChI=1S/C35H22N2O2/c1-3-9-30-25(7-1)27-19-28-26-8-2-4-10-31(26)39-35(28)33(34(27)38-30)24-15-13-21-17-23(14-12-22(21)18-24)29-20-37-16-6-5-11-32(37)36-29/h1-20,32,36H. The van der Waals surface area contributed by atoms with Gasteiger partial charge in [0.15, 0.2) is 0 Å². The minimum absolute atomic E-state index is 0.179. The average molecular weight is 503 g/mol. The number of para-hydroxylation sites is 2. The molecule has 1 N–H and O–H groups in total. The molecule has 0 fully saturated rings. The van der Waals surface area contributed by atoms with Crippen LogP contribution in [0.4, 0.5) is 0 Å². The van der Waals surface area contributed by atoms with Gasteiger partial charge in [0, 0.05) is 33.9 Å². The molecule has 0 bridgehead atoms. The highest BCUT2D eigenvalue weighted by Gasteiger charge is 2.23. The van der Waals surface area contributed by atoms with Gasteiger partial charge in [-0.05, 0) is 64.4 Å². The zero-order chi connectivity index (χ0) is 25.5. The molecule has 39 heavy (non-hydrogen) atoms. The number of furan rings is 2. The predicted molar refractivity (Wildman–Crippen MR) is 159 cm³/mol. The van der Waals surface area contributed by atoms with Gasteiger partial charge in [-0.1, -0.05) is 66.7 Å². The number of rotatable bonds is 2. The molecule has 1 unspecified atom stereocenters. The molecule has 4 heteroatoms. The maximum Gasteiger partial charge on any atom is 0.147 e. The largest absolute Gasteiger partial charge is 0.455 e. The van der Waals surface area contributed by atoms with Gasteiger partial charge in [-0.15, -0.1) is 0 Å². The number of fused-ring (bicyclic) bond motifs is 8. The summed E-state index contributed by atoms with van der Waals surface area (Å²) in [5, 5.41) is 10.4. The Balaban J connectivity index is 1.26. The molecule has 0 spiro atoms. The number of hydrogen-bond acceptors (Lipinski definition) is 4. The molecule has 4 nitrogen and oxygen atoms in total. The quantitative estimate of drug-likeness (QED) is 0.256. The highest BCUT2D eigenvalue weighted by atomic mass is 16.3. The summed E-state index contributed by atoms with van der Waals surface area (Å²) in [6.07, 6.45) is 10.7. The van der Waals surface area contributed by atoms with Crippen molar-refractivity contribution in [1.29, 1.82) is 0 Å². The van der Waals surface area contributed by atoms with Gasteiger partial charge in [0.2, 0.25) is 0 Å². The number of nitrogens with one attached hydrogen (secondary N) is 1. The smallest absolute Gasteiger partial charge is 0.147 e. The van der Waals surface area contributed by atoms with Gasteiger partial charge in [-0.3, -0.25) is 0 Å². The second-order valence-electron chi connectivity index (χ2n) is 10.3. The number of nitrogens with zero attached hydrogens (tertiary/aromatic N) is 1. The molecule has 184 valence electrons. The van der Waals surface area contributed by atoms with Crippen LogP contribution < -0.4 is 5.32 Å². The van der Waals surface area contributed by atoms with Gasteiger partial charge >= 0.3 is 0 Å². The predicted octanol–water partition coefficient (Wildman–Crippen LogP) is 8.92. The van der Waals surface area contributed by atoms with Crippen LogP contribution in [0.15, 0.2) is 130 Å². The summed E-state index contributed by atoms with van der Waals surface area (Å²) >= 11 is 0. The zero-order valence-corrected chi connectivity index (χ0v) is 20.9. The Kier molecular flexibility index (Phi) is 4.08. The number of hydrogen-bond donors (Lipinski definition) is 1. The summed E-state index contributed by atoms with van der Waals surface area (Å²) in [7, 11) is 0. The first kappa shape index (κ1) is 20.8. The molecular weight excluding hydrogens is 480 g/mol. The Hall–Kier alpha value is -5.22. The summed E-state index contributed by atoms with van der Waals surface area (Å²) in [5.74, 6) is 0. The summed E-state index contributed by atoms with van der Waals surface area (Å²) in [6.45, 7) is 0. The van der Waals surface area contributed by atoms with Crippen molar-refractivity contribution in [1.82, 2.24) is 10.2 Å². The van der Waals surface area contributed by atoms with Gasteiger partial charge in [-0.25, -0.2) is 0 Å². The van der Waals surface area contributed by atoms with Gasteiger partial charge < -0.3 is 19.1 Å². The molecule has 9 rings (SSSR count). The highest BCUT2D eigenvalue weighted by Crippen LogP contribution is 2.44. The Morgan fingerprint density at radius 1 is 0.615 bits per heavy atom. The van der Waals surface area contributed by atoms with Crippen molar-refractivity contribution in [2.45, 2.75) is 6.17 Å². The maximum atomic E-state index is 6.50. The van der Waals surface area contributed by atoms with Crippen LogP contribution in [0.5, 0.6) is 0 Å². The fraction of sp³-hybridized carbons (Fsp3) is 0.0286. The molecular formula is C35H22N2O2. The topological polar surface area (TPSA) is 41.6 Å². The first-order valence-electron chi connectivity index (χ1n) is 13.2. The lowest BCUT2D eigenvalue weighted by Gasteiger charge is -2.20. The van der Waals surface area contributed by atoms with Crippen molar-refractivity contribution < 1.29 is 8.83 Å². The lowest BCUT2D eigenvalue weighted by atomic mass is 9.96. The molecule has 0 saturated carbocycles. The van der Waals surface area contributed by atoms with Gasteiger partial charge in [-0.2, -0.15) is 0 Å². The van der Waals surface area contributed by atoms with Crippen LogP contribution in [0.1, 0.15) is 5.56 Å². The van der Waals surface area contributed by atoms with E-state index < -0.39 is 0 Å². The van der Waals surface area contributed by atoms with Crippen molar-refractivity contribution in [2.24, 2.45) is 0 Å². The van der Waals surface area contributed by atoms with E-state index >= 15 is 0 Å². The molecule has 0 amide bonds. The molecule has 2 aliphatic heterocycles. The van der Waals surface area contributed by atoms with E-state index in [1.165, 1.54) is 16.3 Å². The molecule has 0 saturated heterocycles. The molecule has 7 aromatic rings. The monoisotopic (exact) mass is 502 g/mol. The first-order valence-corrected chi connectivity index (χ1v) is 13.2. The normalized spacial score (nSPS) is 16.6. The first-order chi connectivity index (χ1) is 19.3. The van der Waals surface area contributed by atoms with E-state index in [2.05, 4.69) is 108 Å². The SMILES string of the molecule is C1=CC2NC(c3ccc4cc(-c5c6oc7ccccc7c6cc6c5oc5ccccc56)ccc4c3)=CN2C=C1. The van der Waals surface area contributed by atoms with Crippen LogP contribution in [0.2, 0.25) is 0 Å². The van der Waals surface area contributed by atoms with E-state index in [0.717, 1.165) is 60.7 Å². The Morgan fingerprint density at radius 2 is 1.26 bits per heavy atom. The van der Waals surface area contributed by atoms with Crippen molar-refractivity contribution in [3.8, 4) is 11.1 Å². The summed E-state index contributed by atoms with van der Waals surface area (Å²) in [5.41, 5.74) is 7.85. The maximum absolute atomic E-state index is 6.50. The van der Waals surface area contributed by atoms with Crippen LogP contribution in [0, 0.1) is 0 Å². The van der Waals surface area contributed by atoms with Crippen LogP contribution in [0.3, 0.4) is 0 Å². The van der Waals surface area contributed by atoms with E-state index in [9.17, 15) is 0 Å². The highest BCUT2D eigenvalue weighted by molar-refractivity contribution is 6.22. The summed E-state index contributed by atoms with van der Waals surface area (Å²) in [6, 6.07) is 32.0. The van der Waals surface area contributed by atoms with Gasteiger partial charge in [0.1, 0.15) is 28.5 Å². The van der Waals surface area contributed by atoms with E-state index in [1.54, 1.807) is 0 Å². The zero-order valence-electron chi connectivity index (χ0n) is 20.9. The van der Waals surface area contributed by atoms with E-state index in [4.69, 9.17) is 8.83 Å². The van der Waals surface area contributed by atoms with E-state index in [1.807, 2.05) is 24.3 Å². The van der Waals surface area contributed by atoms with Gasteiger partial charge in [0.05, 0.1) is 11.3 Å². The minimum atomic E-state index is 0.179. The molecule has 2 aliphatic rings. The lowest BCUT2D eigenvalue weighted by Crippen LogP contribution is -2.31. The molecule has 2 aromatic heterocycles. The minimum Gasteiger partial charge on any atom is -0.455 e. The Labute approximate surface area is 223 Å². The van der Waals surface area contributed by atoms with Crippen LogP contribution in [0.25, 0.3) is 71.5 Å². The van der Waals surface area contributed by atoms with Gasteiger partial charge in [0.25, 0.3) is 0 Å². The third-order valence-electron chi connectivity index (χ3n) is 8.02. The lowest BCUT2D eigenvalue weighted by molar-refractivity contribution is 0.427. The molecule has 0 aliphatic carbocycles. The van der Waals surface area contributed by atoms with Crippen molar-refractivity contribution >= 4 is 60.3 Å². The van der Waals surface area contributed by atoms with Crippen LogP contribution in [-0.4, -0.2) is 11.1 Å². The fourth-order valence-electron chi connectivity index (χ4n) is 6.13. The van der Waals surface area contributed by atoms with Crippen LogP contribution in [-0.2, 0) is 0 Å². The van der Waals surface area contributed by atoms with E-state index in [0.29, 0.717) is 0 Å². The van der Waals surface area contributed by atoms with Crippen LogP contribution >= 0.6 is 0 Å².